The predicted molar refractivity (Wildman–Crippen MR) is 82.3 cm³/mol. The van der Waals surface area contributed by atoms with Gasteiger partial charge in [-0.1, -0.05) is 34.1 Å². The Morgan fingerprint density at radius 3 is 2.95 bits per heavy atom. The molecule has 0 N–H and O–H groups in total. The third kappa shape index (κ3) is 3.00. The van der Waals surface area contributed by atoms with Gasteiger partial charge in [-0.05, 0) is 42.2 Å². The first-order valence-corrected chi connectivity index (χ1v) is 7.64. The zero-order valence-electron chi connectivity index (χ0n) is 11.3. The number of para-hydroxylation sites is 1. The van der Waals surface area contributed by atoms with Crippen molar-refractivity contribution in [2.24, 2.45) is 0 Å². The molecule has 21 heavy (non-hydrogen) atoms. The summed E-state index contributed by atoms with van der Waals surface area (Å²) in [4.78, 5) is 12.5. The minimum atomic E-state index is -0.395. The maximum Gasteiger partial charge on any atom is 0.164 e. The van der Waals surface area contributed by atoms with Gasteiger partial charge < -0.3 is 4.74 Å². The molecule has 3 rings (SSSR count). The number of benzene rings is 2. The van der Waals surface area contributed by atoms with E-state index in [9.17, 15) is 9.18 Å². The summed E-state index contributed by atoms with van der Waals surface area (Å²) in [6.45, 7) is 0.610. The van der Waals surface area contributed by atoms with E-state index < -0.39 is 5.82 Å². The lowest BCUT2D eigenvalue weighted by Crippen LogP contribution is -2.17. The van der Waals surface area contributed by atoms with Crippen LogP contribution in [0.15, 0.2) is 46.9 Å². The average molecular weight is 349 g/mol. The van der Waals surface area contributed by atoms with Crippen molar-refractivity contribution in [1.82, 2.24) is 0 Å². The van der Waals surface area contributed by atoms with Crippen molar-refractivity contribution in [3.8, 4) is 5.75 Å². The molecule has 2 nitrogen and oxygen atoms in total. The van der Waals surface area contributed by atoms with Gasteiger partial charge in [-0.25, -0.2) is 4.39 Å². The van der Waals surface area contributed by atoms with Crippen LogP contribution in [0.3, 0.4) is 0 Å². The van der Waals surface area contributed by atoms with E-state index >= 15 is 0 Å². The Balaban J connectivity index is 1.84. The van der Waals surface area contributed by atoms with Crippen LogP contribution in [0.25, 0.3) is 0 Å². The summed E-state index contributed by atoms with van der Waals surface area (Å²) < 4.78 is 19.6. The number of carbonyl (C=O) groups excluding carboxylic acids is 1. The monoisotopic (exact) mass is 348 g/mol. The van der Waals surface area contributed by atoms with Gasteiger partial charge in [0.1, 0.15) is 11.6 Å². The summed E-state index contributed by atoms with van der Waals surface area (Å²) in [6, 6.07) is 12.0. The maximum absolute atomic E-state index is 13.3. The molecule has 4 heteroatoms. The number of hydrogen-bond donors (Lipinski definition) is 0. The lowest BCUT2D eigenvalue weighted by Gasteiger charge is -2.25. The number of halogens is 2. The zero-order chi connectivity index (χ0) is 14.8. The second-order valence-electron chi connectivity index (χ2n) is 5.12. The van der Waals surface area contributed by atoms with Crippen LogP contribution in [-0.4, -0.2) is 12.4 Å². The van der Waals surface area contributed by atoms with E-state index in [0.29, 0.717) is 23.1 Å². The van der Waals surface area contributed by atoms with Gasteiger partial charge in [-0.3, -0.25) is 4.79 Å². The minimum Gasteiger partial charge on any atom is -0.493 e. The van der Waals surface area contributed by atoms with Crippen LogP contribution in [0.4, 0.5) is 4.39 Å². The van der Waals surface area contributed by atoms with Crippen LogP contribution in [0.5, 0.6) is 5.75 Å². The molecule has 0 saturated carbocycles. The highest BCUT2D eigenvalue weighted by atomic mass is 79.9. The molecule has 1 aliphatic rings. The van der Waals surface area contributed by atoms with Gasteiger partial charge in [0, 0.05) is 16.5 Å². The van der Waals surface area contributed by atoms with E-state index in [4.69, 9.17) is 4.74 Å². The Hall–Kier alpha value is -1.68. The number of Topliss-reactive ketones (excluding diaryl/α,β-unsaturated/α-hetero) is 1. The Bertz CT molecular complexity index is 684. The summed E-state index contributed by atoms with van der Waals surface area (Å²) >= 11 is 3.32. The van der Waals surface area contributed by atoms with Gasteiger partial charge in [0.2, 0.25) is 0 Å². The highest BCUT2D eigenvalue weighted by Gasteiger charge is 2.24. The quantitative estimate of drug-likeness (QED) is 0.749. The highest BCUT2D eigenvalue weighted by molar-refractivity contribution is 9.10. The Morgan fingerprint density at radius 2 is 2.10 bits per heavy atom. The third-order valence-corrected chi connectivity index (χ3v) is 4.43. The third-order valence-electron chi connectivity index (χ3n) is 3.74. The number of ketones is 1. The van der Waals surface area contributed by atoms with Gasteiger partial charge >= 0.3 is 0 Å². The molecule has 0 aliphatic carbocycles. The lowest BCUT2D eigenvalue weighted by atomic mass is 9.87. The minimum absolute atomic E-state index is 0.0527. The highest BCUT2D eigenvalue weighted by Crippen LogP contribution is 2.36. The van der Waals surface area contributed by atoms with E-state index in [0.717, 1.165) is 17.7 Å². The van der Waals surface area contributed by atoms with Crippen molar-refractivity contribution < 1.29 is 13.9 Å². The van der Waals surface area contributed by atoms with E-state index in [1.54, 1.807) is 6.07 Å². The van der Waals surface area contributed by atoms with Crippen LogP contribution in [-0.2, 0) is 0 Å². The fourth-order valence-corrected chi connectivity index (χ4v) is 3.14. The van der Waals surface area contributed by atoms with Gasteiger partial charge in [0.15, 0.2) is 5.78 Å². The SMILES string of the molecule is O=C(CC1CCOc2ccccc21)c1cc(F)ccc1Br. The number of ether oxygens (including phenoxy) is 1. The molecule has 1 unspecified atom stereocenters. The Morgan fingerprint density at radius 1 is 1.29 bits per heavy atom. The van der Waals surface area contributed by atoms with Crippen molar-refractivity contribution in [3.63, 3.8) is 0 Å². The van der Waals surface area contributed by atoms with E-state index in [1.165, 1.54) is 12.1 Å². The number of fused-ring (bicyclic) bond motifs is 1. The van der Waals surface area contributed by atoms with Gasteiger partial charge in [-0.2, -0.15) is 0 Å². The first-order chi connectivity index (χ1) is 10.1. The average Bonchev–Trinajstić information content (AvgIpc) is 2.50. The fraction of sp³-hybridized carbons (Fsp3) is 0.235. The van der Waals surface area contributed by atoms with Crippen LogP contribution < -0.4 is 4.74 Å². The summed E-state index contributed by atoms with van der Waals surface area (Å²) in [5, 5.41) is 0. The van der Waals surface area contributed by atoms with E-state index in [-0.39, 0.29) is 11.7 Å². The molecule has 2 aromatic carbocycles. The van der Waals surface area contributed by atoms with E-state index in [2.05, 4.69) is 15.9 Å². The first-order valence-electron chi connectivity index (χ1n) is 6.85. The molecule has 0 fully saturated rings. The molecule has 2 aromatic rings. The van der Waals surface area contributed by atoms with Crippen LogP contribution in [0, 0.1) is 5.82 Å². The molecule has 0 saturated heterocycles. The molecule has 0 bridgehead atoms. The lowest BCUT2D eigenvalue weighted by molar-refractivity contribution is 0.0964. The standard InChI is InChI=1S/C17H14BrFO2/c18-15-6-5-12(19)10-14(15)16(20)9-11-7-8-21-17-4-2-1-3-13(11)17/h1-6,10-11H,7-9H2. The molecule has 0 aromatic heterocycles. The van der Waals surface area contributed by atoms with Crippen molar-refractivity contribution in [2.45, 2.75) is 18.8 Å². The van der Waals surface area contributed by atoms with Crippen molar-refractivity contribution in [1.29, 1.82) is 0 Å². The first kappa shape index (κ1) is 14.3. The van der Waals surface area contributed by atoms with Crippen molar-refractivity contribution in [2.75, 3.05) is 6.61 Å². The molecule has 1 atom stereocenters. The molecule has 1 aliphatic heterocycles. The number of rotatable bonds is 3. The van der Waals surface area contributed by atoms with Gasteiger partial charge in [-0.15, -0.1) is 0 Å². The summed E-state index contributed by atoms with van der Waals surface area (Å²) in [5.41, 5.74) is 1.46. The summed E-state index contributed by atoms with van der Waals surface area (Å²) in [7, 11) is 0. The van der Waals surface area contributed by atoms with Gasteiger partial charge in [0.05, 0.1) is 6.61 Å². The van der Waals surface area contributed by atoms with Crippen molar-refractivity contribution in [3.05, 3.63) is 63.9 Å². The number of carbonyl (C=O) groups is 1. The Labute approximate surface area is 131 Å². The van der Waals surface area contributed by atoms with Gasteiger partial charge in [0.25, 0.3) is 0 Å². The predicted octanol–water partition coefficient (Wildman–Crippen LogP) is 4.73. The second kappa shape index (κ2) is 5.98. The molecular weight excluding hydrogens is 335 g/mol. The molecular formula is C17H14BrFO2. The fourth-order valence-electron chi connectivity index (χ4n) is 2.67. The van der Waals surface area contributed by atoms with Crippen LogP contribution in [0.2, 0.25) is 0 Å². The zero-order valence-corrected chi connectivity index (χ0v) is 12.9. The van der Waals surface area contributed by atoms with Crippen LogP contribution in [0.1, 0.15) is 34.7 Å². The number of hydrogen-bond acceptors (Lipinski definition) is 2. The largest absolute Gasteiger partial charge is 0.493 e. The maximum atomic E-state index is 13.3. The van der Waals surface area contributed by atoms with Crippen molar-refractivity contribution >= 4 is 21.7 Å². The second-order valence-corrected chi connectivity index (χ2v) is 5.98. The molecule has 1 heterocycles. The molecule has 0 amide bonds. The normalized spacial score (nSPS) is 17.0. The van der Waals surface area contributed by atoms with Crippen LogP contribution >= 0.6 is 15.9 Å². The molecule has 0 radical (unpaired) electrons. The smallest absolute Gasteiger partial charge is 0.164 e. The summed E-state index contributed by atoms with van der Waals surface area (Å²) in [5.74, 6) is 0.523. The molecule has 108 valence electrons. The topological polar surface area (TPSA) is 26.3 Å². The summed E-state index contributed by atoms with van der Waals surface area (Å²) in [6.07, 6.45) is 1.16. The molecule has 0 spiro atoms. The Kier molecular flexibility index (Phi) is 4.06. The van der Waals surface area contributed by atoms with E-state index in [1.807, 2.05) is 24.3 Å².